The van der Waals surface area contributed by atoms with Gasteiger partial charge < -0.3 is 5.11 Å². The summed E-state index contributed by atoms with van der Waals surface area (Å²) in [5.41, 5.74) is 2.75. The van der Waals surface area contributed by atoms with Gasteiger partial charge in [0.15, 0.2) is 4.34 Å². The number of rotatable bonds is 5. The molecule has 1 saturated heterocycles. The fraction of sp³-hybridized carbons (Fsp3) is 0.250. The largest absolute Gasteiger partial charge is 0.478 e. The zero-order valence-corrected chi connectivity index (χ0v) is 18.4. The van der Waals surface area contributed by atoms with Gasteiger partial charge in [0.2, 0.25) is 11.8 Å². The van der Waals surface area contributed by atoms with Gasteiger partial charge in [-0.15, -0.1) is 11.3 Å². The number of thiazole rings is 1. The number of aromatic carboxylic acids is 1. The number of carbonyl (C=O) groups excluding carboxylic acids is 2. The van der Waals surface area contributed by atoms with Crippen molar-refractivity contribution >= 4 is 56.8 Å². The van der Waals surface area contributed by atoms with Crippen LogP contribution in [-0.4, -0.2) is 27.9 Å². The average Bonchev–Trinajstić information content (AvgIpc) is 3.55. The van der Waals surface area contributed by atoms with Gasteiger partial charge in [0, 0.05) is 5.75 Å². The van der Waals surface area contributed by atoms with Gasteiger partial charge in [-0.25, -0.2) is 14.7 Å². The summed E-state index contributed by atoms with van der Waals surface area (Å²) in [4.78, 5) is 43.2. The van der Waals surface area contributed by atoms with Crippen molar-refractivity contribution in [2.24, 2.45) is 23.7 Å². The Bertz CT molecular complexity index is 1280. The Balaban J connectivity index is 1.21. The van der Waals surface area contributed by atoms with E-state index in [4.69, 9.17) is 5.11 Å². The molecule has 2 aliphatic carbocycles. The summed E-state index contributed by atoms with van der Waals surface area (Å²) in [7, 11) is 0. The van der Waals surface area contributed by atoms with Gasteiger partial charge in [-0.3, -0.25) is 9.59 Å². The van der Waals surface area contributed by atoms with Gasteiger partial charge in [-0.1, -0.05) is 36.0 Å². The van der Waals surface area contributed by atoms with Gasteiger partial charge in [0.1, 0.15) is 0 Å². The summed E-state index contributed by atoms with van der Waals surface area (Å²) in [6, 6.07) is 12.4. The van der Waals surface area contributed by atoms with Crippen LogP contribution in [-0.2, 0) is 15.3 Å². The third-order valence-corrected chi connectivity index (χ3v) is 8.88. The smallest absolute Gasteiger partial charge is 0.335 e. The molecule has 4 atom stereocenters. The van der Waals surface area contributed by atoms with Crippen LogP contribution in [0.25, 0.3) is 10.2 Å². The van der Waals surface area contributed by atoms with Crippen molar-refractivity contribution in [1.29, 1.82) is 0 Å². The molecule has 6 nitrogen and oxygen atoms in total. The Hall–Kier alpha value is -2.97. The van der Waals surface area contributed by atoms with Crippen molar-refractivity contribution in [3.8, 4) is 0 Å². The second-order valence-electron chi connectivity index (χ2n) is 8.43. The Morgan fingerprint density at radius 3 is 2.41 bits per heavy atom. The molecule has 2 bridgehead atoms. The molecule has 3 aromatic rings. The highest BCUT2D eigenvalue weighted by Gasteiger charge is 2.59. The third kappa shape index (κ3) is 3.01. The number of imide groups is 1. The second kappa shape index (κ2) is 7.28. The van der Waals surface area contributed by atoms with Crippen LogP contribution in [0.5, 0.6) is 0 Å². The highest BCUT2D eigenvalue weighted by atomic mass is 32.2. The zero-order valence-electron chi connectivity index (χ0n) is 16.8. The van der Waals surface area contributed by atoms with Crippen LogP contribution in [0.4, 0.5) is 5.69 Å². The highest BCUT2D eigenvalue weighted by molar-refractivity contribution is 8.00. The predicted octanol–water partition coefficient (Wildman–Crippen LogP) is 4.60. The molecule has 32 heavy (non-hydrogen) atoms. The SMILES string of the molecule is O=C(O)c1ccc(CSc2nc3ccc(N4C(=O)[C@@H]5[C@H](C4=O)[C@H]4C=C[C@H]5C4)cc3s2)cc1. The van der Waals surface area contributed by atoms with Gasteiger partial charge in [-0.05, 0) is 54.2 Å². The quantitative estimate of drug-likeness (QED) is 0.339. The standard InChI is InChI=1S/C24H18N2O4S2/c27-21-19-14-5-6-15(9-14)20(19)22(28)26(21)16-7-8-17-18(10-16)32-24(25-17)31-11-12-1-3-13(4-2-12)23(29)30/h1-8,10,14-15,19-20H,9,11H2,(H,29,30)/t14-,15-,19-,20+/m0/s1. The lowest BCUT2D eigenvalue weighted by molar-refractivity contribution is -0.123. The minimum Gasteiger partial charge on any atom is -0.478 e. The molecular weight excluding hydrogens is 444 g/mol. The average molecular weight is 463 g/mol. The molecule has 2 fully saturated rings. The number of benzene rings is 2. The van der Waals surface area contributed by atoms with Crippen molar-refractivity contribution in [3.05, 3.63) is 65.7 Å². The van der Waals surface area contributed by atoms with Crippen LogP contribution in [0, 0.1) is 23.7 Å². The zero-order chi connectivity index (χ0) is 22.0. The van der Waals surface area contributed by atoms with Crippen molar-refractivity contribution in [2.45, 2.75) is 16.5 Å². The number of aromatic nitrogens is 1. The molecule has 1 saturated carbocycles. The maximum Gasteiger partial charge on any atom is 0.335 e. The van der Waals surface area contributed by atoms with E-state index in [1.165, 1.54) is 16.2 Å². The molecular formula is C24H18N2O4S2. The fourth-order valence-electron chi connectivity index (χ4n) is 5.14. The predicted molar refractivity (Wildman–Crippen MR) is 123 cm³/mol. The Morgan fingerprint density at radius 2 is 1.75 bits per heavy atom. The maximum absolute atomic E-state index is 13.1. The van der Waals surface area contributed by atoms with Crippen LogP contribution in [0.15, 0.2) is 59.0 Å². The lowest BCUT2D eigenvalue weighted by atomic mass is 9.85. The van der Waals surface area contributed by atoms with Crippen LogP contribution in [0.2, 0.25) is 0 Å². The van der Waals surface area contributed by atoms with Crippen molar-refractivity contribution in [3.63, 3.8) is 0 Å². The second-order valence-corrected chi connectivity index (χ2v) is 10.7. The topological polar surface area (TPSA) is 87.6 Å². The minimum atomic E-state index is -0.936. The number of thioether (sulfide) groups is 1. The van der Waals surface area contributed by atoms with Gasteiger partial charge in [0.05, 0.1) is 33.3 Å². The first-order chi connectivity index (χ1) is 15.5. The lowest BCUT2D eigenvalue weighted by Crippen LogP contribution is -2.32. The summed E-state index contributed by atoms with van der Waals surface area (Å²) < 4.78 is 1.82. The molecule has 8 heteroatoms. The van der Waals surface area contributed by atoms with Crippen LogP contribution in [0.1, 0.15) is 22.3 Å². The monoisotopic (exact) mass is 462 g/mol. The van der Waals surface area contributed by atoms with Crippen molar-refractivity contribution in [2.75, 3.05) is 4.90 Å². The molecule has 3 aliphatic rings. The molecule has 160 valence electrons. The van der Waals surface area contributed by atoms with Crippen molar-refractivity contribution in [1.82, 2.24) is 4.98 Å². The number of carboxylic acid groups (broad SMARTS) is 1. The molecule has 2 amide bonds. The van der Waals surface area contributed by atoms with Crippen LogP contribution < -0.4 is 4.90 Å². The summed E-state index contributed by atoms with van der Waals surface area (Å²) in [6.07, 6.45) is 5.13. The maximum atomic E-state index is 13.1. The number of fused-ring (bicyclic) bond motifs is 6. The first-order valence-electron chi connectivity index (χ1n) is 10.4. The first-order valence-corrected chi connectivity index (χ1v) is 12.2. The third-order valence-electron chi connectivity index (χ3n) is 6.64. The number of amides is 2. The van der Waals surface area contributed by atoms with E-state index in [0.29, 0.717) is 11.4 Å². The molecule has 1 N–H and O–H groups in total. The molecule has 0 radical (unpaired) electrons. The number of nitrogens with zero attached hydrogens (tertiary/aromatic N) is 2. The van der Waals surface area contributed by atoms with E-state index < -0.39 is 5.97 Å². The van der Waals surface area contributed by atoms with E-state index in [0.717, 1.165) is 26.5 Å². The van der Waals surface area contributed by atoms with E-state index in [9.17, 15) is 14.4 Å². The number of hydrogen-bond donors (Lipinski definition) is 1. The molecule has 1 aliphatic heterocycles. The Morgan fingerprint density at radius 1 is 1.06 bits per heavy atom. The number of allylic oxidation sites excluding steroid dienone is 2. The van der Waals surface area contributed by atoms with Crippen molar-refractivity contribution < 1.29 is 19.5 Å². The number of carbonyl (C=O) groups is 3. The number of hydrogen-bond acceptors (Lipinski definition) is 6. The van der Waals surface area contributed by atoms with Gasteiger partial charge >= 0.3 is 5.97 Å². The van der Waals surface area contributed by atoms with Gasteiger partial charge in [0.25, 0.3) is 0 Å². The van der Waals surface area contributed by atoms with E-state index in [-0.39, 0.29) is 41.0 Å². The summed E-state index contributed by atoms with van der Waals surface area (Å²) in [6.45, 7) is 0. The molecule has 6 rings (SSSR count). The number of anilines is 1. The molecule has 1 aromatic heterocycles. The van der Waals surface area contributed by atoms with Crippen LogP contribution >= 0.6 is 23.1 Å². The highest BCUT2D eigenvalue weighted by Crippen LogP contribution is 2.53. The van der Waals surface area contributed by atoms with E-state index in [2.05, 4.69) is 17.1 Å². The fourth-order valence-corrected chi connectivity index (χ4v) is 7.20. The molecule has 2 heterocycles. The number of carboxylic acids is 1. The normalized spacial score (nSPS) is 25.8. The van der Waals surface area contributed by atoms with Crippen LogP contribution in [0.3, 0.4) is 0 Å². The Kier molecular flexibility index (Phi) is 4.48. The Labute approximate surface area is 191 Å². The summed E-state index contributed by atoms with van der Waals surface area (Å²) in [5, 5.41) is 9.01. The molecule has 2 aromatic carbocycles. The summed E-state index contributed by atoms with van der Waals surface area (Å²) >= 11 is 3.11. The van der Waals surface area contributed by atoms with E-state index >= 15 is 0 Å². The molecule has 0 unspecified atom stereocenters. The van der Waals surface area contributed by atoms with E-state index in [1.807, 2.05) is 30.3 Å². The minimum absolute atomic E-state index is 0.0693. The van der Waals surface area contributed by atoms with E-state index in [1.54, 1.807) is 23.9 Å². The van der Waals surface area contributed by atoms with Gasteiger partial charge in [-0.2, -0.15) is 0 Å². The first kappa shape index (κ1) is 19.7. The molecule has 0 spiro atoms. The lowest BCUT2D eigenvalue weighted by Gasteiger charge is -2.17. The summed E-state index contributed by atoms with van der Waals surface area (Å²) in [5.74, 6) is -0.401.